The first-order valence-electron chi connectivity index (χ1n) is 8.37. The van der Waals surface area contributed by atoms with Crippen LogP contribution in [0.1, 0.15) is 5.69 Å². The highest BCUT2D eigenvalue weighted by molar-refractivity contribution is 5.78. The Morgan fingerprint density at radius 1 is 1.17 bits per heavy atom. The van der Waals surface area contributed by atoms with Gasteiger partial charge >= 0.3 is 0 Å². The second kappa shape index (κ2) is 8.38. The highest BCUT2D eigenvalue weighted by Crippen LogP contribution is 2.13. The highest BCUT2D eigenvalue weighted by atomic mass is 16.5. The number of rotatable bonds is 4. The molecule has 6 heteroatoms. The fourth-order valence-corrected chi connectivity index (χ4v) is 3.10. The molecule has 0 N–H and O–H groups in total. The Labute approximate surface area is 137 Å². The second-order valence-electron chi connectivity index (χ2n) is 6.19. The topological polar surface area (TPSA) is 54.9 Å². The van der Waals surface area contributed by atoms with Gasteiger partial charge in [-0.3, -0.25) is 14.7 Å². The summed E-state index contributed by atoms with van der Waals surface area (Å²) in [5.41, 5.74) is 1.06. The van der Waals surface area contributed by atoms with Crippen molar-refractivity contribution in [3.8, 4) is 0 Å². The molecule has 126 valence electrons. The summed E-state index contributed by atoms with van der Waals surface area (Å²) in [6, 6.07) is 5.96. The van der Waals surface area contributed by atoms with Crippen molar-refractivity contribution in [3.05, 3.63) is 30.1 Å². The summed E-state index contributed by atoms with van der Waals surface area (Å²) in [6.07, 6.45) is 2.66. The van der Waals surface area contributed by atoms with Crippen LogP contribution in [0, 0.1) is 5.92 Å². The molecule has 0 aliphatic carbocycles. The number of amides is 1. The average molecular weight is 319 g/mol. The van der Waals surface area contributed by atoms with E-state index in [0.717, 1.165) is 45.0 Å². The molecule has 2 aliphatic heterocycles. The Morgan fingerprint density at radius 2 is 2.00 bits per heavy atom. The van der Waals surface area contributed by atoms with Crippen LogP contribution in [0.25, 0.3) is 0 Å². The van der Waals surface area contributed by atoms with Crippen LogP contribution in [0.3, 0.4) is 0 Å². The molecular formula is C17H25N3O3. The van der Waals surface area contributed by atoms with Gasteiger partial charge in [-0.15, -0.1) is 0 Å². The minimum absolute atomic E-state index is 0.198. The van der Waals surface area contributed by atoms with Crippen LogP contribution in [-0.2, 0) is 20.7 Å². The molecule has 0 bridgehead atoms. The number of ether oxygens (including phenoxy) is 2. The molecule has 0 unspecified atom stereocenters. The standard InChI is InChI=1S/C17H25N3O3/c21-17(13-19-5-8-22-9-6-19)20-7-10-23-14-15(12-20)11-16-3-1-2-4-18-16/h1-4,15H,5-14H2/t15-/m0/s1. The van der Waals surface area contributed by atoms with E-state index in [1.807, 2.05) is 29.3 Å². The monoisotopic (exact) mass is 319 g/mol. The van der Waals surface area contributed by atoms with Gasteiger partial charge in [0.25, 0.3) is 0 Å². The quantitative estimate of drug-likeness (QED) is 0.806. The zero-order valence-electron chi connectivity index (χ0n) is 13.5. The molecule has 1 aromatic rings. The number of carbonyl (C=O) groups is 1. The van der Waals surface area contributed by atoms with Crippen molar-refractivity contribution in [2.24, 2.45) is 5.92 Å². The number of aromatic nitrogens is 1. The van der Waals surface area contributed by atoms with Gasteiger partial charge in [-0.05, 0) is 18.6 Å². The van der Waals surface area contributed by atoms with Crippen LogP contribution < -0.4 is 0 Å². The summed E-state index contributed by atoms with van der Waals surface area (Å²) in [4.78, 5) is 21.1. The summed E-state index contributed by atoms with van der Waals surface area (Å²) in [7, 11) is 0. The van der Waals surface area contributed by atoms with Crippen molar-refractivity contribution in [3.63, 3.8) is 0 Å². The van der Waals surface area contributed by atoms with Gasteiger partial charge in [-0.25, -0.2) is 0 Å². The Morgan fingerprint density at radius 3 is 2.78 bits per heavy atom. The number of morpholine rings is 1. The van der Waals surface area contributed by atoms with Gasteiger partial charge in [0.2, 0.25) is 5.91 Å². The van der Waals surface area contributed by atoms with Crippen molar-refractivity contribution < 1.29 is 14.3 Å². The molecule has 2 saturated heterocycles. The summed E-state index contributed by atoms with van der Waals surface area (Å²) < 4.78 is 11.0. The van der Waals surface area contributed by atoms with Crippen molar-refractivity contribution in [1.82, 2.24) is 14.8 Å². The molecule has 2 aliphatic rings. The smallest absolute Gasteiger partial charge is 0.236 e. The lowest BCUT2D eigenvalue weighted by Gasteiger charge is -2.30. The van der Waals surface area contributed by atoms with E-state index in [2.05, 4.69) is 9.88 Å². The molecule has 2 fully saturated rings. The third-order valence-corrected chi connectivity index (χ3v) is 4.38. The van der Waals surface area contributed by atoms with E-state index in [9.17, 15) is 4.79 Å². The number of hydrogen-bond acceptors (Lipinski definition) is 5. The Kier molecular flexibility index (Phi) is 5.96. The Hall–Kier alpha value is -1.50. The molecule has 1 aromatic heterocycles. The minimum Gasteiger partial charge on any atom is -0.379 e. The van der Waals surface area contributed by atoms with Gasteiger partial charge < -0.3 is 14.4 Å². The van der Waals surface area contributed by atoms with Crippen molar-refractivity contribution in [2.45, 2.75) is 6.42 Å². The summed E-state index contributed by atoms with van der Waals surface area (Å²) in [6.45, 7) is 6.35. The zero-order chi connectivity index (χ0) is 15.9. The zero-order valence-corrected chi connectivity index (χ0v) is 13.5. The fourth-order valence-electron chi connectivity index (χ4n) is 3.10. The molecular weight excluding hydrogens is 294 g/mol. The third-order valence-electron chi connectivity index (χ3n) is 4.38. The normalized spacial score (nSPS) is 23.5. The van der Waals surface area contributed by atoms with Gasteiger partial charge in [0, 0.05) is 44.0 Å². The van der Waals surface area contributed by atoms with E-state index >= 15 is 0 Å². The van der Waals surface area contributed by atoms with E-state index < -0.39 is 0 Å². The Balaban J connectivity index is 1.54. The predicted molar refractivity (Wildman–Crippen MR) is 86.1 cm³/mol. The first kappa shape index (κ1) is 16.4. The van der Waals surface area contributed by atoms with Crippen molar-refractivity contribution in [2.75, 3.05) is 59.2 Å². The molecule has 3 rings (SSSR count). The first-order valence-corrected chi connectivity index (χ1v) is 8.37. The first-order chi connectivity index (χ1) is 11.3. The molecule has 3 heterocycles. The molecule has 0 spiro atoms. The molecule has 23 heavy (non-hydrogen) atoms. The second-order valence-corrected chi connectivity index (χ2v) is 6.19. The maximum Gasteiger partial charge on any atom is 0.236 e. The molecule has 1 atom stereocenters. The maximum absolute atomic E-state index is 12.6. The lowest BCUT2D eigenvalue weighted by Crippen LogP contribution is -2.46. The van der Waals surface area contributed by atoms with Gasteiger partial charge in [0.15, 0.2) is 0 Å². The van der Waals surface area contributed by atoms with Gasteiger partial charge in [0.1, 0.15) is 0 Å². The van der Waals surface area contributed by atoms with E-state index in [1.54, 1.807) is 0 Å². The molecule has 1 amide bonds. The van der Waals surface area contributed by atoms with Crippen molar-refractivity contribution in [1.29, 1.82) is 0 Å². The van der Waals surface area contributed by atoms with Crippen LogP contribution >= 0.6 is 0 Å². The summed E-state index contributed by atoms with van der Waals surface area (Å²) in [5.74, 6) is 0.504. The number of pyridine rings is 1. The van der Waals surface area contributed by atoms with E-state index in [-0.39, 0.29) is 5.91 Å². The summed E-state index contributed by atoms with van der Waals surface area (Å²) in [5, 5.41) is 0. The molecule has 0 aromatic carbocycles. The van der Waals surface area contributed by atoms with Gasteiger partial charge in [-0.2, -0.15) is 0 Å². The largest absolute Gasteiger partial charge is 0.379 e. The van der Waals surface area contributed by atoms with E-state index in [4.69, 9.17) is 9.47 Å². The van der Waals surface area contributed by atoms with Crippen molar-refractivity contribution >= 4 is 5.91 Å². The van der Waals surface area contributed by atoms with Crippen LogP contribution in [0.15, 0.2) is 24.4 Å². The minimum atomic E-state index is 0.198. The number of nitrogens with zero attached hydrogens (tertiary/aromatic N) is 3. The lowest BCUT2D eigenvalue weighted by molar-refractivity contribution is -0.133. The fraction of sp³-hybridized carbons (Fsp3) is 0.647. The number of carbonyl (C=O) groups excluding carboxylic acids is 1. The highest BCUT2D eigenvalue weighted by Gasteiger charge is 2.24. The van der Waals surface area contributed by atoms with Crippen LogP contribution in [0.4, 0.5) is 0 Å². The third kappa shape index (κ3) is 4.99. The van der Waals surface area contributed by atoms with Gasteiger partial charge in [0.05, 0.1) is 33.0 Å². The van der Waals surface area contributed by atoms with E-state index in [0.29, 0.717) is 32.2 Å². The predicted octanol–water partition coefficient (Wildman–Crippen LogP) is 0.431. The molecule has 6 nitrogen and oxygen atoms in total. The maximum atomic E-state index is 12.6. The molecule has 0 radical (unpaired) electrons. The SMILES string of the molecule is O=C(CN1CCOCC1)N1CCOC[C@@H](Cc2ccccn2)C1. The van der Waals surface area contributed by atoms with E-state index in [1.165, 1.54) is 0 Å². The van der Waals surface area contributed by atoms with Crippen LogP contribution in [-0.4, -0.2) is 79.8 Å². The number of hydrogen-bond donors (Lipinski definition) is 0. The average Bonchev–Trinajstić information content (AvgIpc) is 2.82. The van der Waals surface area contributed by atoms with Crippen LogP contribution in [0.5, 0.6) is 0 Å². The van der Waals surface area contributed by atoms with Gasteiger partial charge in [-0.1, -0.05) is 6.07 Å². The Bertz CT molecular complexity index is 491. The summed E-state index contributed by atoms with van der Waals surface area (Å²) >= 11 is 0. The van der Waals surface area contributed by atoms with Crippen LogP contribution in [0.2, 0.25) is 0 Å². The molecule has 0 saturated carbocycles. The lowest BCUT2D eigenvalue weighted by atomic mass is 10.0.